The van der Waals surface area contributed by atoms with Crippen LogP contribution in [0.4, 0.5) is 4.39 Å². The van der Waals surface area contributed by atoms with Crippen LogP contribution in [0, 0.1) is 5.82 Å². The van der Waals surface area contributed by atoms with Crippen molar-refractivity contribution in [3.8, 4) is 5.75 Å². The summed E-state index contributed by atoms with van der Waals surface area (Å²) >= 11 is 1.50. The quantitative estimate of drug-likeness (QED) is 0.829. The molecule has 0 unspecified atom stereocenters. The van der Waals surface area contributed by atoms with Gasteiger partial charge in [-0.3, -0.25) is 0 Å². The van der Waals surface area contributed by atoms with Crippen LogP contribution in [0.5, 0.6) is 5.75 Å². The van der Waals surface area contributed by atoms with Crippen molar-refractivity contribution >= 4 is 21.4 Å². The van der Waals surface area contributed by atoms with Crippen LogP contribution >= 0.6 is 11.3 Å². The van der Waals surface area contributed by atoms with E-state index < -0.39 is 5.82 Å². The second-order valence-electron chi connectivity index (χ2n) is 2.87. The lowest BCUT2D eigenvalue weighted by Crippen LogP contribution is -1.95. The highest BCUT2D eigenvalue weighted by Crippen LogP contribution is 2.34. The van der Waals surface area contributed by atoms with Gasteiger partial charge in [0.05, 0.1) is 13.7 Å². The van der Waals surface area contributed by atoms with E-state index in [1.807, 2.05) is 11.4 Å². The first kappa shape index (κ1) is 9.43. The van der Waals surface area contributed by atoms with E-state index in [1.165, 1.54) is 18.4 Å². The first-order chi connectivity index (χ1) is 6.77. The monoisotopic (exact) mass is 212 g/mol. The molecule has 2 aromatic rings. The molecule has 0 saturated heterocycles. The number of fused-ring (bicyclic) bond motifs is 1. The van der Waals surface area contributed by atoms with Gasteiger partial charge in [0.25, 0.3) is 0 Å². The van der Waals surface area contributed by atoms with Crippen molar-refractivity contribution < 1.29 is 14.2 Å². The van der Waals surface area contributed by atoms with Gasteiger partial charge in [-0.1, -0.05) is 0 Å². The number of thiophene rings is 1. The van der Waals surface area contributed by atoms with E-state index in [1.54, 1.807) is 6.07 Å². The first-order valence-electron chi connectivity index (χ1n) is 4.11. The fourth-order valence-corrected chi connectivity index (χ4v) is 2.27. The Hall–Kier alpha value is -1.13. The topological polar surface area (TPSA) is 29.5 Å². The Labute approximate surface area is 84.6 Å². The molecule has 1 aromatic carbocycles. The summed E-state index contributed by atoms with van der Waals surface area (Å²) in [6.07, 6.45) is 0. The molecule has 0 radical (unpaired) electrons. The molecule has 0 aliphatic rings. The van der Waals surface area contributed by atoms with E-state index in [4.69, 9.17) is 9.84 Å². The van der Waals surface area contributed by atoms with Gasteiger partial charge >= 0.3 is 0 Å². The molecular weight excluding hydrogens is 203 g/mol. The smallest absolute Gasteiger partial charge is 0.171 e. The molecule has 0 atom stereocenters. The number of halogens is 1. The predicted octanol–water partition coefficient (Wildman–Crippen LogP) is 2.54. The molecule has 0 amide bonds. The molecule has 1 N–H and O–H groups in total. The number of benzene rings is 1. The third kappa shape index (κ3) is 1.27. The molecular formula is C10H9FO2S. The minimum atomic E-state index is -0.471. The fourth-order valence-electron chi connectivity index (χ4n) is 1.42. The molecule has 1 heterocycles. The minimum absolute atomic E-state index is 0.216. The Morgan fingerprint density at radius 2 is 2.36 bits per heavy atom. The van der Waals surface area contributed by atoms with E-state index >= 15 is 0 Å². The van der Waals surface area contributed by atoms with Crippen molar-refractivity contribution in [2.45, 2.75) is 6.61 Å². The number of methoxy groups -OCH3 is 1. The van der Waals surface area contributed by atoms with Crippen LogP contribution < -0.4 is 4.74 Å². The largest absolute Gasteiger partial charge is 0.493 e. The standard InChI is InChI=1S/C10H9FO2S/c1-13-10-7-2-3-14-8(7)4-6(5-12)9(10)11/h2-4,12H,5H2,1H3. The summed E-state index contributed by atoms with van der Waals surface area (Å²) in [4.78, 5) is 0. The molecule has 0 aliphatic heterocycles. The lowest BCUT2D eigenvalue weighted by molar-refractivity contribution is 0.273. The lowest BCUT2D eigenvalue weighted by atomic mass is 10.1. The third-order valence-corrected chi connectivity index (χ3v) is 2.96. The number of aliphatic hydroxyl groups is 1. The highest BCUT2D eigenvalue weighted by atomic mass is 32.1. The van der Waals surface area contributed by atoms with E-state index in [9.17, 15) is 4.39 Å². The molecule has 0 saturated carbocycles. The van der Waals surface area contributed by atoms with Gasteiger partial charge in [-0.15, -0.1) is 11.3 Å². The second kappa shape index (κ2) is 3.55. The summed E-state index contributed by atoms with van der Waals surface area (Å²) in [6, 6.07) is 3.46. The maximum atomic E-state index is 13.6. The van der Waals surface area contributed by atoms with Crippen LogP contribution in [0.25, 0.3) is 10.1 Å². The van der Waals surface area contributed by atoms with Crippen LogP contribution in [0.15, 0.2) is 17.5 Å². The van der Waals surface area contributed by atoms with Gasteiger partial charge in [-0.25, -0.2) is 4.39 Å². The van der Waals surface area contributed by atoms with Crippen molar-refractivity contribution in [2.75, 3.05) is 7.11 Å². The molecule has 0 bridgehead atoms. The molecule has 74 valence electrons. The fraction of sp³-hybridized carbons (Fsp3) is 0.200. The molecule has 2 rings (SSSR count). The highest BCUT2D eigenvalue weighted by Gasteiger charge is 2.13. The Balaban J connectivity index is 2.80. The van der Waals surface area contributed by atoms with Gasteiger partial charge in [-0.2, -0.15) is 0 Å². The zero-order valence-corrected chi connectivity index (χ0v) is 8.40. The molecule has 2 nitrogen and oxygen atoms in total. The summed E-state index contributed by atoms with van der Waals surface area (Å²) in [5, 5.41) is 11.6. The Bertz CT molecular complexity index is 464. The van der Waals surface area contributed by atoms with Gasteiger partial charge in [0, 0.05) is 15.6 Å². The van der Waals surface area contributed by atoms with Crippen molar-refractivity contribution in [2.24, 2.45) is 0 Å². The molecule has 4 heteroatoms. The van der Waals surface area contributed by atoms with Gasteiger partial charge in [-0.05, 0) is 17.5 Å². The predicted molar refractivity (Wildman–Crippen MR) is 54.3 cm³/mol. The van der Waals surface area contributed by atoms with Crippen molar-refractivity contribution in [3.63, 3.8) is 0 Å². The maximum absolute atomic E-state index is 13.6. The van der Waals surface area contributed by atoms with Gasteiger partial charge in [0.15, 0.2) is 11.6 Å². The van der Waals surface area contributed by atoms with Crippen molar-refractivity contribution in [1.29, 1.82) is 0 Å². The minimum Gasteiger partial charge on any atom is -0.493 e. The second-order valence-corrected chi connectivity index (χ2v) is 3.82. The van der Waals surface area contributed by atoms with Crippen molar-refractivity contribution in [1.82, 2.24) is 0 Å². The van der Waals surface area contributed by atoms with E-state index in [-0.39, 0.29) is 17.9 Å². The molecule has 0 fully saturated rings. The highest BCUT2D eigenvalue weighted by molar-refractivity contribution is 7.17. The van der Waals surface area contributed by atoms with Crippen LogP contribution in [0.3, 0.4) is 0 Å². The van der Waals surface area contributed by atoms with E-state index in [2.05, 4.69) is 0 Å². The van der Waals surface area contributed by atoms with Gasteiger partial charge in [0.2, 0.25) is 0 Å². The molecule has 0 spiro atoms. The van der Waals surface area contributed by atoms with Crippen molar-refractivity contribution in [3.05, 3.63) is 28.9 Å². The summed E-state index contributed by atoms with van der Waals surface area (Å²) in [6.45, 7) is -0.309. The first-order valence-corrected chi connectivity index (χ1v) is 4.99. The number of hydrogen-bond acceptors (Lipinski definition) is 3. The van der Waals surface area contributed by atoms with E-state index in [0.717, 1.165) is 10.1 Å². The van der Waals surface area contributed by atoms with Crippen LogP contribution in [0.1, 0.15) is 5.56 Å². The SMILES string of the molecule is COc1c(F)c(CO)cc2sccc12. The third-order valence-electron chi connectivity index (χ3n) is 2.10. The number of ether oxygens (including phenoxy) is 1. The van der Waals surface area contributed by atoms with Gasteiger partial charge < -0.3 is 9.84 Å². The Kier molecular flexibility index (Phi) is 2.39. The Morgan fingerprint density at radius 3 is 3.00 bits per heavy atom. The summed E-state index contributed by atoms with van der Waals surface area (Å²) < 4.78 is 19.5. The Morgan fingerprint density at radius 1 is 1.57 bits per heavy atom. The maximum Gasteiger partial charge on any atom is 0.171 e. The normalized spacial score (nSPS) is 10.8. The van der Waals surface area contributed by atoms with Crippen LogP contribution in [-0.2, 0) is 6.61 Å². The number of aliphatic hydroxyl groups excluding tert-OH is 1. The summed E-state index contributed by atoms with van der Waals surface area (Å²) in [7, 11) is 1.43. The average Bonchev–Trinajstić information content (AvgIpc) is 2.64. The molecule has 1 aromatic heterocycles. The lowest BCUT2D eigenvalue weighted by Gasteiger charge is -2.06. The van der Waals surface area contributed by atoms with Crippen LogP contribution in [0.2, 0.25) is 0 Å². The number of hydrogen-bond donors (Lipinski definition) is 1. The zero-order valence-electron chi connectivity index (χ0n) is 7.58. The summed E-state index contributed by atoms with van der Waals surface area (Å²) in [5.74, 6) is -0.256. The molecule has 0 aliphatic carbocycles. The van der Waals surface area contributed by atoms with Gasteiger partial charge in [0.1, 0.15) is 0 Å². The zero-order chi connectivity index (χ0) is 10.1. The molecule has 14 heavy (non-hydrogen) atoms. The average molecular weight is 212 g/mol. The summed E-state index contributed by atoms with van der Waals surface area (Å²) in [5.41, 5.74) is 0.275. The van der Waals surface area contributed by atoms with E-state index in [0.29, 0.717) is 0 Å². The van der Waals surface area contributed by atoms with Crippen LogP contribution in [-0.4, -0.2) is 12.2 Å². The number of rotatable bonds is 2.